The van der Waals surface area contributed by atoms with Gasteiger partial charge in [0.1, 0.15) is 0 Å². The Morgan fingerprint density at radius 3 is 2.07 bits per heavy atom. The fourth-order valence-corrected chi connectivity index (χ4v) is 2.41. The third kappa shape index (κ3) is 5.33. The summed E-state index contributed by atoms with van der Waals surface area (Å²) in [6.45, 7) is 0. The highest BCUT2D eigenvalue weighted by Crippen LogP contribution is 2.12. The first-order valence-electron chi connectivity index (χ1n) is 8.57. The van der Waals surface area contributed by atoms with Gasteiger partial charge >= 0.3 is 0 Å². The molecule has 0 aliphatic heterocycles. The van der Waals surface area contributed by atoms with E-state index in [0.29, 0.717) is 22.4 Å². The van der Waals surface area contributed by atoms with Gasteiger partial charge in [-0.1, -0.05) is 18.2 Å². The minimum absolute atomic E-state index is 0.0226. The van der Waals surface area contributed by atoms with Crippen LogP contribution in [0.2, 0.25) is 0 Å². The Hall–Kier alpha value is -4.33. The first kappa shape index (κ1) is 19.4. The average Bonchev–Trinajstić information content (AvgIpc) is 2.75. The molecular formula is C21H16N4O4. The van der Waals surface area contributed by atoms with Crippen molar-refractivity contribution < 1.29 is 14.5 Å². The van der Waals surface area contributed by atoms with Gasteiger partial charge in [-0.05, 0) is 54.1 Å². The number of benzene rings is 3. The summed E-state index contributed by atoms with van der Waals surface area (Å²) in [5.74, 6) is -0.667. The normalized spacial score (nSPS) is 10.5. The summed E-state index contributed by atoms with van der Waals surface area (Å²) in [5.41, 5.74) is 4.43. The molecule has 0 atom stereocenters. The third-order valence-corrected chi connectivity index (χ3v) is 3.92. The maximum absolute atomic E-state index is 12.1. The molecule has 8 heteroatoms. The zero-order valence-corrected chi connectivity index (χ0v) is 15.1. The van der Waals surface area contributed by atoms with Gasteiger partial charge in [0.15, 0.2) is 0 Å². The van der Waals surface area contributed by atoms with Crippen LogP contribution in [0.4, 0.5) is 11.4 Å². The zero-order valence-electron chi connectivity index (χ0n) is 15.1. The molecule has 144 valence electrons. The highest BCUT2D eigenvalue weighted by molar-refractivity contribution is 6.04. The molecule has 2 N–H and O–H groups in total. The van der Waals surface area contributed by atoms with Gasteiger partial charge in [0.25, 0.3) is 17.5 Å². The van der Waals surface area contributed by atoms with Crippen LogP contribution in [0.15, 0.2) is 84.0 Å². The van der Waals surface area contributed by atoms with Crippen LogP contribution in [0.1, 0.15) is 26.3 Å². The van der Waals surface area contributed by atoms with Crippen molar-refractivity contribution in [3.8, 4) is 0 Å². The van der Waals surface area contributed by atoms with Gasteiger partial charge in [-0.3, -0.25) is 19.7 Å². The predicted octanol–water partition coefficient (Wildman–Crippen LogP) is 3.61. The van der Waals surface area contributed by atoms with Crippen LogP contribution in [-0.2, 0) is 0 Å². The molecule has 0 aliphatic rings. The van der Waals surface area contributed by atoms with E-state index in [4.69, 9.17) is 0 Å². The first-order valence-corrected chi connectivity index (χ1v) is 8.57. The van der Waals surface area contributed by atoms with Gasteiger partial charge in [0.2, 0.25) is 0 Å². The van der Waals surface area contributed by atoms with E-state index >= 15 is 0 Å². The second kappa shape index (κ2) is 9.05. The van der Waals surface area contributed by atoms with Gasteiger partial charge < -0.3 is 5.32 Å². The van der Waals surface area contributed by atoms with E-state index in [1.807, 2.05) is 6.07 Å². The lowest BCUT2D eigenvalue weighted by Crippen LogP contribution is -2.17. The van der Waals surface area contributed by atoms with Crippen molar-refractivity contribution in [1.82, 2.24) is 5.43 Å². The molecule has 0 spiro atoms. The number of hydrogen-bond acceptors (Lipinski definition) is 5. The summed E-state index contributed by atoms with van der Waals surface area (Å²) in [5, 5.41) is 17.2. The number of nitrogens with zero attached hydrogens (tertiary/aromatic N) is 2. The molecule has 29 heavy (non-hydrogen) atoms. The molecule has 0 fully saturated rings. The average molecular weight is 388 g/mol. The lowest BCUT2D eigenvalue weighted by Gasteiger charge is -2.06. The number of nitro groups is 1. The van der Waals surface area contributed by atoms with Gasteiger partial charge in [-0.15, -0.1) is 0 Å². The minimum Gasteiger partial charge on any atom is -0.322 e. The van der Waals surface area contributed by atoms with Crippen LogP contribution in [0.25, 0.3) is 0 Å². The summed E-state index contributed by atoms with van der Waals surface area (Å²) in [4.78, 5) is 34.4. The number of nitro benzene ring substituents is 1. The molecule has 0 aliphatic carbocycles. The SMILES string of the molecule is O=C(N/N=C\c1ccc([N+](=O)[O-])cc1)c1ccc(NC(=O)c2ccccc2)cc1. The number of non-ortho nitro benzene ring substituents is 1. The highest BCUT2D eigenvalue weighted by Gasteiger charge is 2.07. The summed E-state index contributed by atoms with van der Waals surface area (Å²) < 4.78 is 0. The van der Waals surface area contributed by atoms with Crippen LogP contribution in [-0.4, -0.2) is 23.0 Å². The molecule has 0 saturated carbocycles. The molecule has 3 aromatic carbocycles. The van der Waals surface area contributed by atoms with Crippen molar-refractivity contribution >= 4 is 29.4 Å². The second-order valence-corrected chi connectivity index (χ2v) is 5.95. The Labute approximate surface area is 166 Å². The lowest BCUT2D eigenvalue weighted by molar-refractivity contribution is -0.384. The van der Waals surface area contributed by atoms with Crippen molar-refractivity contribution in [2.75, 3.05) is 5.32 Å². The topological polar surface area (TPSA) is 114 Å². The molecule has 2 amide bonds. The van der Waals surface area contributed by atoms with Crippen LogP contribution in [0, 0.1) is 10.1 Å². The molecule has 8 nitrogen and oxygen atoms in total. The monoisotopic (exact) mass is 388 g/mol. The number of carbonyl (C=O) groups is 2. The van der Waals surface area contributed by atoms with Crippen molar-refractivity contribution in [3.05, 3.63) is 106 Å². The molecule has 3 rings (SSSR count). The van der Waals surface area contributed by atoms with Gasteiger partial charge in [0.05, 0.1) is 11.1 Å². The van der Waals surface area contributed by atoms with Crippen molar-refractivity contribution in [2.45, 2.75) is 0 Å². The molecule has 0 unspecified atom stereocenters. The van der Waals surface area contributed by atoms with E-state index in [1.54, 1.807) is 48.5 Å². The van der Waals surface area contributed by atoms with E-state index in [-0.39, 0.29) is 11.6 Å². The molecule has 0 bridgehead atoms. The Morgan fingerprint density at radius 1 is 0.828 bits per heavy atom. The Morgan fingerprint density at radius 2 is 1.45 bits per heavy atom. The first-order chi connectivity index (χ1) is 14.0. The minimum atomic E-state index is -0.491. The summed E-state index contributed by atoms with van der Waals surface area (Å²) in [6, 6.07) is 20.9. The summed E-state index contributed by atoms with van der Waals surface area (Å²) in [7, 11) is 0. The quantitative estimate of drug-likeness (QED) is 0.381. The Balaban J connectivity index is 1.56. The van der Waals surface area contributed by atoms with E-state index < -0.39 is 10.8 Å². The number of amides is 2. The molecular weight excluding hydrogens is 372 g/mol. The third-order valence-electron chi connectivity index (χ3n) is 3.92. The highest BCUT2D eigenvalue weighted by atomic mass is 16.6. The Kier molecular flexibility index (Phi) is 6.06. The van der Waals surface area contributed by atoms with Gasteiger partial charge in [-0.25, -0.2) is 5.43 Å². The van der Waals surface area contributed by atoms with Crippen LogP contribution in [0.3, 0.4) is 0 Å². The number of carbonyl (C=O) groups excluding carboxylic acids is 2. The molecule has 0 saturated heterocycles. The summed E-state index contributed by atoms with van der Waals surface area (Å²) in [6.07, 6.45) is 1.38. The number of hydrogen-bond donors (Lipinski definition) is 2. The smallest absolute Gasteiger partial charge is 0.271 e. The summed E-state index contributed by atoms with van der Waals surface area (Å²) >= 11 is 0. The van der Waals surface area contributed by atoms with Crippen molar-refractivity contribution in [1.29, 1.82) is 0 Å². The second-order valence-electron chi connectivity index (χ2n) is 5.95. The number of rotatable bonds is 6. The van der Waals surface area contributed by atoms with E-state index in [0.717, 1.165) is 0 Å². The fraction of sp³-hybridized carbons (Fsp3) is 0. The predicted molar refractivity (Wildman–Crippen MR) is 109 cm³/mol. The van der Waals surface area contributed by atoms with Gasteiger partial charge in [-0.2, -0.15) is 5.10 Å². The van der Waals surface area contributed by atoms with E-state index in [2.05, 4.69) is 15.8 Å². The Bertz CT molecular complexity index is 1050. The standard InChI is InChI=1S/C21H16N4O4/c26-20(16-4-2-1-3-5-16)23-18-10-8-17(9-11-18)21(27)24-22-14-15-6-12-19(13-7-15)25(28)29/h1-14H,(H,23,26)(H,24,27)/b22-14-. The molecule has 0 radical (unpaired) electrons. The largest absolute Gasteiger partial charge is 0.322 e. The van der Waals surface area contributed by atoms with Crippen LogP contribution >= 0.6 is 0 Å². The van der Waals surface area contributed by atoms with E-state index in [9.17, 15) is 19.7 Å². The van der Waals surface area contributed by atoms with Gasteiger partial charge in [0, 0.05) is 28.9 Å². The maximum atomic E-state index is 12.1. The maximum Gasteiger partial charge on any atom is 0.271 e. The molecule has 3 aromatic rings. The van der Waals surface area contributed by atoms with Crippen molar-refractivity contribution in [3.63, 3.8) is 0 Å². The fourth-order valence-electron chi connectivity index (χ4n) is 2.41. The number of anilines is 1. The van der Waals surface area contributed by atoms with Crippen molar-refractivity contribution in [2.24, 2.45) is 5.10 Å². The van der Waals surface area contributed by atoms with Crippen LogP contribution in [0.5, 0.6) is 0 Å². The number of hydrazone groups is 1. The van der Waals surface area contributed by atoms with Crippen LogP contribution < -0.4 is 10.7 Å². The number of nitrogens with one attached hydrogen (secondary N) is 2. The zero-order chi connectivity index (χ0) is 20.6. The molecule has 0 heterocycles. The molecule has 0 aromatic heterocycles. The lowest BCUT2D eigenvalue weighted by atomic mass is 10.1. The van der Waals surface area contributed by atoms with E-state index in [1.165, 1.54) is 30.5 Å².